The van der Waals surface area contributed by atoms with Gasteiger partial charge in [0.2, 0.25) is 0 Å². The molecule has 0 spiro atoms. The first kappa shape index (κ1) is 13.6. The van der Waals surface area contributed by atoms with Crippen molar-refractivity contribution >= 4 is 16.1 Å². The average Bonchev–Trinajstić information content (AvgIpc) is 2.26. The number of hydrogen-bond donors (Lipinski definition) is 1. The molecule has 0 aliphatic rings. The Labute approximate surface area is 98.9 Å². The van der Waals surface area contributed by atoms with Crippen LogP contribution in [0.4, 0.5) is 0 Å². The highest BCUT2D eigenvalue weighted by Gasteiger charge is 2.10. The van der Waals surface area contributed by atoms with Crippen LogP contribution in [-0.2, 0) is 19.6 Å². The Morgan fingerprint density at radius 3 is 2.35 bits per heavy atom. The second-order valence-electron chi connectivity index (χ2n) is 3.06. The Hall–Kier alpha value is -1.44. The van der Waals surface area contributed by atoms with Gasteiger partial charge in [-0.05, 0) is 31.2 Å². The topological polar surface area (TPSA) is 89.9 Å². The highest BCUT2D eigenvalue weighted by Crippen LogP contribution is 2.15. The zero-order valence-corrected chi connectivity index (χ0v) is 9.94. The van der Waals surface area contributed by atoms with Gasteiger partial charge in [-0.1, -0.05) is 0 Å². The Morgan fingerprint density at radius 1 is 1.29 bits per heavy atom. The van der Waals surface area contributed by atoms with Crippen LogP contribution in [0.15, 0.2) is 29.2 Å². The molecule has 17 heavy (non-hydrogen) atoms. The number of ether oxygens (including phenoxy) is 2. The van der Waals surface area contributed by atoms with Crippen molar-refractivity contribution in [1.29, 1.82) is 0 Å². The van der Waals surface area contributed by atoms with Crippen molar-refractivity contribution < 1.29 is 27.2 Å². The third-order valence-electron chi connectivity index (χ3n) is 1.78. The van der Waals surface area contributed by atoms with Gasteiger partial charge in [0.25, 0.3) is 10.1 Å². The Morgan fingerprint density at radius 2 is 1.88 bits per heavy atom. The van der Waals surface area contributed by atoms with Crippen LogP contribution in [0.25, 0.3) is 0 Å². The number of carbonyl (C=O) groups is 1. The minimum absolute atomic E-state index is 0.170. The van der Waals surface area contributed by atoms with Crippen molar-refractivity contribution in [3.05, 3.63) is 24.3 Å². The molecule has 6 nitrogen and oxygen atoms in total. The Balaban J connectivity index is 2.66. The van der Waals surface area contributed by atoms with Gasteiger partial charge in [-0.2, -0.15) is 8.42 Å². The maximum atomic E-state index is 11.1. The second-order valence-corrected chi connectivity index (χ2v) is 4.48. The minimum atomic E-state index is -4.23. The van der Waals surface area contributed by atoms with Gasteiger partial charge in [0, 0.05) is 6.61 Å². The van der Waals surface area contributed by atoms with E-state index in [1.54, 1.807) is 6.92 Å². The lowest BCUT2D eigenvalue weighted by molar-refractivity contribution is -0.139. The molecule has 1 aromatic rings. The number of hydrogen-bond acceptors (Lipinski definition) is 5. The first-order valence-corrected chi connectivity index (χ1v) is 6.23. The van der Waals surface area contributed by atoms with E-state index in [1.807, 2.05) is 0 Å². The smallest absolute Gasteiger partial charge is 0.337 e. The molecule has 0 saturated heterocycles. The van der Waals surface area contributed by atoms with Crippen LogP contribution in [0.5, 0.6) is 5.75 Å². The van der Waals surface area contributed by atoms with Crippen molar-refractivity contribution in [2.45, 2.75) is 11.8 Å². The molecule has 0 radical (unpaired) electrons. The molecule has 0 atom stereocenters. The first-order chi connectivity index (χ1) is 7.93. The number of carbonyl (C=O) groups excluding carboxylic acids is 1. The fourth-order valence-corrected chi connectivity index (χ4v) is 1.51. The number of rotatable bonds is 5. The molecular weight excluding hydrogens is 248 g/mol. The first-order valence-electron chi connectivity index (χ1n) is 4.79. The standard InChI is InChI=1S/C10H12O6S/c1-2-15-7-10(11)16-8-3-5-9(6-4-8)17(12,13)14/h3-6H,2,7H2,1H3,(H,12,13,14). The second kappa shape index (κ2) is 5.76. The SMILES string of the molecule is CCOCC(=O)Oc1ccc(S(=O)(=O)O)cc1. The molecule has 1 N–H and O–H groups in total. The minimum Gasteiger partial charge on any atom is -0.425 e. The average molecular weight is 260 g/mol. The van der Waals surface area contributed by atoms with E-state index >= 15 is 0 Å². The third kappa shape index (κ3) is 4.51. The summed E-state index contributed by atoms with van der Waals surface area (Å²) in [4.78, 5) is 10.9. The predicted octanol–water partition coefficient (Wildman–Crippen LogP) is 0.875. The molecule has 1 rings (SSSR count). The van der Waals surface area contributed by atoms with E-state index in [2.05, 4.69) is 0 Å². The van der Waals surface area contributed by atoms with Gasteiger partial charge >= 0.3 is 5.97 Å². The van der Waals surface area contributed by atoms with Gasteiger partial charge in [-0.25, -0.2) is 4.79 Å². The van der Waals surface area contributed by atoms with Gasteiger partial charge in [0.05, 0.1) is 4.90 Å². The summed E-state index contributed by atoms with van der Waals surface area (Å²) in [5.74, 6) is -0.395. The van der Waals surface area contributed by atoms with Crippen LogP contribution in [0, 0.1) is 0 Å². The predicted molar refractivity (Wildman–Crippen MR) is 58.4 cm³/mol. The molecule has 0 bridgehead atoms. The van der Waals surface area contributed by atoms with E-state index in [-0.39, 0.29) is 17.3 Å². The fraction of sp³-hybridized carbons (Fsp3) is 0.300. The number of esters is 1. The Kier molecular flexibility index (Phi) is 4.62. The monoisotopic (exact) mass is 260 g/mol. The van der Waals surface area contributed by atoms with Gasteiger partial charge in [-0.3, -0.25) is 4.55 Å². The molecule has 0 aromatic heterocycles. The molecule has 94 valence electrons. The van der Waals surface area contributed by atoms with Crippen LogP contribution >= 0.6 is 0 Å². The molecule has 0 aliphatic heterocycles. The van der Waals surface area contributed by atoms with Gasteiger partial charge in [0.15, 0.2) is 0 Å². The van der Waals surface area contributed by atoms with Crippen LogP contribution in [0.2, 0.25) is 0 Å². The molecule has 7 heteroatoms. The largest absolute Gasteiger partial charge is 0.425 e. The molecule has 0 amide bonds. The van der Waals surface area contributed by atoms with Gasteiger partial charge in [0.1, 0.15) is 12.4 Å². The van der Waals surface area contributed by atoms with Crippen LogP contribution in [-0.4, -0.2) is 32.2 Å². The lowest BCUT2D eigenvalue weighted by atomic mass is 10.3. The summed E-state index contributed by atoms with van der Waals surface area (Å²) in [6.45, 7) is 1.97. The molecule has 0 heterocycles. The Bertz CT molecular complexity index is 476. The van der Waals surface area contributed by atoms with Crippen molar-refractivity contribution in [2.75, 3.05) is 13.2 Å². The van der Waals surface area contributed by atoms with Gasteiger partial charge in [-0.15, -0.1) is 0 Å². The summed E-state index contributed by atoms with van der Waals surface area (Å²) < 4.78 is 39.9. The lowest BCUT2D eigenvalue weighted by Gasteiger charge is -2.04. The van der Waals surface area contributed by atoms with Crippen LogP contribution in [0.1, 0.15) is 6.92 Å². The summed E-state index contributed by atoms with van der Waals surface area (Å²) in [6.07, 6.45) is 0. The molecule has 0 saturated carbocycles. The fourth-order valence-electron chi connectivity index (χ4n) is 1.03. The number of benzene rings is 1. The van der Waals surface area contributed by atoms with Crippen molar-refractivity contribution in [3.8, 4) is 5.75 Å². The van der Waals surface area contributed by atoms with E-state index in [9.17, 15) is 13.2 Å². The zero-order valence-electron chi connectivity index (χ0n) is 9.12. The van der Waals surface area contributed by atoms with E-state index < -0.39 is 16.1 Å². The summed E-state index contributed by atoms with van der Waals surface area (Å²) in [5.41, 5.74) is 0. The highest BCUT2D eigenvalue weighted by atomic mass is 32.2. The van der Waals surface area contributed by atoms with Gasteiger partial charge < -0.3 is 9.47 Å². The van der Waals surface area contributed by atoms with E-state index in [4.69, 9.17) is 14.0 Å². The quantitative estimate of drug-likeness (QED) is 0.480. The summed E-state index contributed by atoms with van der Waals surface area (Å²) >= 11 is 0. The maximum Gasteiger partial charge on any atom is 0.337 e. The van der Waals surface area contributed by atoms with E-state index in [0.29, 0.717) is 6.61 Å². The summed E-state index contributed by atoms with van der Waals surface area (Å²) in [6, 6.07) is 4.82. The molecule has 1 aromatic carbocycles. The van der Waals surface area contributed by atoms with E-state index in [0.717, 1.165) is 12.1 Å². The normalized spacial score (nSPS) is 11.2. The van der Waals surface area contributed by atoms with Crippen molar-refractivity contribution in [1.82, 2.24) is 0 Å². The lowest BCUT2D eigenvalue weighted by Crippen LogP contribution is -2.15. The molecule has 0 unspecified atom stereocenters. The van der Waals surface area contributed by atoms with Crippen molar-refractivity contribution in [3.63, 3.8) is 0 Å². The zero-order chi connectivity index (χ0) is 12.9. The molecular formula is C10H12O6S. The highest BCUT2D eigenvalue weighted by molar-refractivity contribution is 7.85. The molecule has 0 aliphatic carbocycles. The van der Waals surface area contributed by atoms with Crippen LogP contribution in [0.3, 0.4) is 0 Å². The van der Waals surface area contributed by atoms with E-state index in [1.165, 1.54) is 12.1 Å². The summed E-state index contributed by atoms with van der Waals surface area (Å²) in [7, 11) is -4.23. The summed E-state index contributed by atoms with van der Waals surface area (Å²) in [5, 5.41) is 0. The van der Waals surface area contributed by atoms with Crippen LogP contribution < -0.4 is 4.74 Å². The third-order valence-corrected chi connectivity index (χ3v) is 2.65. The van der Waals surface area contributed by atoms with Crippen molar-refractivity contribution in [2.24, 2.45) is 0 Å². The maximum absolute atomic E-state index is 11.1. The molecule has 0 fully saturated rings.